The number of hydrogen-bond donors (Lipinski definition) is 2. The molecule has 0 aromatic carbocycles. The van der Waals surface area contributed by atoms with Crippen LogP contribution in [0.3, 0.4) is 0 Å². The van der Waals surface area contributed by atoms with Crippen LogP contribution in [0.5, 0.6) is 0 Å². The quantitative estimate of drug-likeness (QED) is 0.882. The molecule has 1 aliphatic heterocycles. The first-order valence-electron chi connectivity index (χ1n) is 6.73. The van der Waals surface area contributed by atoms with Gasteiger partial charge < -0.3 is 15.3 Å². The Labute approximate surface area is 121 Å². The molecular formula is C13H19N3O3S. The van der Waals surface area contributed by atoms with E-state index in [1.54, 1.807) is 16.2 Å². The predicted molar refractivity (Wildman–Crippen MR) is 75.9 cm³/mol. The van der Waals surface area contributed by atoms with E-state index in [4.69, 9.17) is 5.11 Å². The number of aliphatic carboxylic acids is 1. The summed E-state index contributed by atoms with van der Waals surface area (Å²) in [6.07, 6.45) is 2.11. The van der Waals surface area contributed by atoms with Crippen LogP contribution >= 0.6 is 11.3 Å². The summed E-state index contributed by atoms with van der Waals surface area (Å²) >= 11 is 1.59. The van der Waals surface area contributed by atoms with E-state index in [2.05, 4.69) is 10.3 Å². The number of amides is 2. The molecule has 1 unspecified atom stereocenters. The Balaban J connectivity index is 1.75. The summed E-state index contributed by atoms with van der Waals surface area (Å²) in [5.41, 5.74) is 0.997. The van der Waals surface area contributed by atoms with Gasteiger partial charge in [0.2, 0.25) is 0 Å². The zero-order valence-corrected chi connectivity index (χ0v) is 12.3. The number of nitrogens with zero attached hydrogens (tertiary/aromatic N) is 2. The third kappa shape index (κ3) is 3.93. The predicted octanol–water partition coefficient (Wildman–Crippen LogP) is 1.50. The van der Waals surface area contributed by atoms with E-state index in [0.717, 1.165) is 17.1 Å². The molecule has 20 heavy (non-hydrogen) atoms. The number of hydrogen-bond acceptors (Lipinski definition) is 4. The number of aromatic nitrogens is 1. The first-order chi connectivity index (χ1) is 9.56. The second kappa shape index (κ2) is 6.69. The van der Waals surface area contributed by atoms with Gasteiger partial charge in [-0.25, -0.2) is 9.78 Å². The van der Waals surface area contributed by atoms with Crippen LogP contribution in [-0.2, 0) is 11.2 Å². The molecule has 0 saturated carbocycles. The molecule has 0 radical (unpaired) electrons. The third-order valence-corrected chi connectivity index (χ3v) is 4.37. The Hall–Kier alpha value is -1.63. The maximum atomic E-state index is 12.0. The maximum absolute atomic E-state index is 12.0. The standard InChI is InChI=1S/C13H19N3O3S/c1-9-8-20-11(15-9)4-5-14-13(19)16-6-2-3-10(7-16)12(17)18/h8,10H,2-7H2,1H3,(H,14,19)(H,17,18). The van der Waals surface area contributed by atoms with Gasteiger partial charge in [-0.3, -0.25) is 4.79 Å². The highest BCUT2D eigenvalue weighted by molar-refractivity contribution is 7.09. The monoisotopic (exact) mass is 297 g/mol. The van der Waals surface area contributed by atoms with Crippen LogP contribution in [0.1, 0.15) is 23.5 Å². The highest BCUT2D eigenvalue weighted by Crippen LogP contribution is 2.16. The molecule has 0 spiro atoms. The average Bonchev–Trinajstić information content (AvgIpc) is 2.84. The molecule has 2 heterocycles. The Bertz CT molecular complexity index is 489. The van der Waals surface area contributed by atoms with Crippen LogP contribution in [0.2, 0.25) is 0 Å². The van der Waals surface area contributed by atoms with E-state index in [0.29, 0.717) is 32.5 Å². The minimum atomic E-state index is -0.819. The van der Waals surface area contributed by atoms with E-state index in [-0.39, 0.29) is 6.03 Å². The number of likely N-dealkylation sites (tertiary alicyclic amines) is 1. The van der Waals surface area contributed by atoms with Crippen LogP contribution < -0.4 is 5.32 Å². The van der Waals surface area contributed by atoms with Crippen LogP contribution in [0, 0.1) is 12.8 Å². The van der Waals surface area contributed by atoms with E-state index >= 15 is 0 Å². The lowest BCUT2D eigenvalue weighted by atomic mass is 9.99. The van der Waals surface area contributed by atoms with Crippen LogP contribution in [-0.4, -0.2) is 46.6 Å². The van der Waals surface area contributed by atoms with E-state index in [9.17, 15) is 9.59 Å². The Morgan fingerprint density at radius 2 is 2.40 bits per heavy atom. The number of urea groups is 1. The number of thiazole rings is 1. The molecule has 1 aromatic heterocycles. The fraction of sp³-hybridized carbons (Fsp3) is 0.615. The lowest BCUT2D eigenvalue weighted by molar-refractivity contribution is -0.143. The number of piperidine rings is 1. The topological polar surface area (TPSA) is 82.5 Å². The van der Waals surface area contributed by atoms with E-state index < -0.39 is 11.9 Å². The maximum Gasteiger partial charge on any atom is 0.317 e. The highest BCUT2D eigenvalue weighted by atomic mass is 32.1. The molecule has 2 amide bonds. The van der Waals surface area contributed by atoms with Crippen molar-refractivity contribution in [3.8, 4) is 0 Å². The number of rotatable bonds is 4. The summed E-state index contributed by atoms with van der Waals surface area (Å²) in [6, 6.07) is -0.177. The lowest BCUT2D eigenvalue weighted by Gasteiger charge is -2.30. The first-order valence-corrected chi connectivity index (χ1v) is 7.61. The lowest BCUT2D eigenvalue weighted by Crippen LogP contribution is -2.47. The molecule has 1 saturated heterocycles. The van der Waals surface area contributed by atoms with Crippen molar-refractivity contribution in [1.82, 2.24) is 15.2 Å². The molecule has 110 valence electrons. The minimum absolute atomic E-state index is 0.177. The number of nitrogens with one attached hydrogen (secondary N) is 1. The van der Waals surface area contributed by atoms with Gasteiger partial charge in [-0.15, -0.1) is 11.3 Å². The Kier molecular flexibility index (Phi) is 4.94. The van der Waals surface area contributed by atoms with Crippen molar-refractivity contribution in [2.24, 2.45) is 5.92 Å². The summed E-state index contributed by atoms with van der Waals surface area (Å²) in [5, 5.41) is 14.8. The van der Waals surface area contributed by atoms with Gasteiger partial charge in [-0.05, 0) is 19.8 Å². The van der Waals surface area contributed by atoms with Gasteiger partial charge in [0, 0.05) is 37.1 Å². The first kappa shape index (κ1) is 14.8. The average molecular weight is 297 g/mol. The van der Waals surface area contributed by atoms with Crippen molar-refractivity contribution in [2.75, 3.05) is 19.6 Å². The number of carbonyl (C=O) groups excluding carboxylic acids is 1. The SMILES string of the molecule is Cc1csc(CCNC(=O)N2CCCC(C(=O)O)C2)n1. The molecule has 2 N–H and O–H groups in total. The molecule has 1 aliphatic rings. The normalized spacial score (nSPS) is 18.9. The summed E-state index contributed by atoms with van der Waals surface area (Å²) in [7, 11) is 0. The molecule has 7 heteroatoms. The molecule has 6 nitrogen and oxygen atoms in total. The minimum Gasteiger partial charge on any atom is -0.481 e. The number of carbonyl (C=O) groups is 2. The van der Waals surface area contributed by atoms with Crippen molar-refractivity contribution >= 4 is 23.3 Å². The van der Waals surface area contributed by atoms with Gasteiger partial charge in [0.05, 0.1) is 10.9 Å². The molecule has 0 aliphatic carbocycles. The second-order valence-electron chi connectivity index (χ2n) is 4.99. The van der Waals surface area contributed by atoms with Gasteiger partial charge in [0.25, 0.3) is 0 Å². The summed E-state index contributed by atoms with van der Waals surface area (Å²) in [6.45, 7) is 3.40. The van der Waals surface area contributed by atoms with Crippen molar-refractivity contribution in [3.05, 3.63) is 16.1 Å². The zero-order valence-electron chi connectivity index (χ0n) is 11.5. The van der Waals surface area contributed by atoms with Gasteiger partial charge in [-0.1, -0.05) is 0 Å². The molecule has 1 aromatic rings. The van der Waals surface area contributed by atoms with Crippen LogP contribution in [0.4, 0.5) is 4.79 Å². The van der Waals surface area contributed by atoms with Crippen molar-refractivity contribution in [3.63, 3.8) is 0 Å². The van der Waals surface area contributed by atoms with Crippen LogP contribution in [0.15, 0.2) is 5.38 Å². The van der Waals surface area contributed by atoms with E-state index in [1.165, 1.54) is 0 Å². The van der Waals surface area contributed by atoms with Crippen molar-refractivity contribution in [1.29, 1.82) is 0 Å². The molecule has 2 rings (SSSR count). The zero-order chi connectivity index (χ0) is 14.5. The fourth-order valence-corrected chi connectivity index (χ4v) is 3.04. The molecule has 1 fully saturated rings. The summed E-state index contributed by atoms with van der Waals surface area (Å²) in [5.74, 6) is -1.25. The van der Waals surface area contributed by atoms with Crippen molar-refractivity contribution < 1.29 is 14.7 Å². The molecular weight excluding hydrogens is 278 g/mol. The summed E-state index contributed by atoms with van der Waals surface area (Å²) in [4.78, 5) is 28.8. The highest BCUT2D eigenvalue weighted by Gasteiger charge is 2.27. The Morgan fingerprint density at radius 1 is 1.60 bits per heavy atom. The number of carboxylic acids is 1. The largest absolute Gasteiger partial charge is 0.481 e. The van der Waals surface area contributed by atoms with Gasteiger partial charge in [0.1, 0.15) is 0 Å². The third-order valence-electron chi connectivity index (χ3n) is 3.34. The summed E-state index contributed by atoms with van der Waals surface area (Å²) < 4.78 is 0. The smallest absolute Gasteiger partial charge is 0.317 e. The molecule has 1 atom stereocenters. The second-order valence-corrected chi connectivity index (χ2v) is 5.93. The van der Waals surface area contributed by atoms with Gasteiger partial charge in [-0.2, -0.15) is 0 Å². The number of carboxylic acid groups (broad SMARTS) is 1. The van der Waals surface area contributed by atoms with Crippen LogP contribution in [0.25, 0.3) is 0 Å². The Morgan fingerprint density at radius 3 is 3.05 bits per heavy atom. The van der Waals surface area contributed by atoms with Gasteiger partial charge in [0.15, 0.2) is 0 Å². The van der Waals surface area contributed by atoms with Gasteiger partial charge >= 0.3 is 12.0 Å². The fourth-order valence-electron chi connectivity index (χ4n) is 2.27. The molecule has 0 bridgehead atoms. The van der Waals surface area contributed by atoms with E-state index in [1.807, 2.05) is 12.3 Å². The number of aryl methyl sites for hydroxylation is 1. The van der Waals surface area contributed by atoms with Crippen molar-refractivity contribution in [2.45, 2.75) is 26.2 Å².